The molecule has 0 saturated heterocycles. The van der Waals surface area contributed by atoms with Gasteiger partial charge in [-0.3, -0.25) is 0 Å². The molecule has 0 aromatic heterocycles. The van der Waals surface area contributed by atoms with Crippen molar-refractivity contribution in [2.24, 2.45) is 11.5 Å². The Labute approximate surface area is 104 Å². The van der Waals surface area contributed by atoms with E-state index in [0.717, 1.165) is 5.56 Å². The smallest absolute Gasteiger partial charge is 0.0720 e. The number of hydrogen-bond acceptors (Lipinski definition) is 3. The highest BCUT2D eigenvalue weighted by Crippen LogP contribution is 2.26. The summed E-state index contributed by atoms with van der Waals surface area (Å²) in [5.74, 6) is 0.133. The van der Waals surface area contributed by atoms with E-state index in [1.54, 1.807) is 0 Å². The number of nitrogens with two attached hydrogens (primary N) is 2. The SMILES string of the molecule is CC(N)C(CC(O)C(C)(C)N)c1ccccc1. The van der Waals surface area contributed by atoms with Crippen molar-refractivity contribution in [3.8, 4) is 0 Å². The summed E-state index contributed by atoms with van der Waals surface area (Å²) in [6.07, 6.45) is 0.0317. The van der Waals surface area contributed by atoms with Crippen molar-refractivity contribution >= 4 is 0 Å². The molecule has 0 heterocycles. The highest BCUT2D eigenvalue weighted by atomic mass is 16.3. The van der Waals surface area contributed by atoms with Gasteiger partial charge in [-0.05, 0) is 32.8 Å². The Morgan fingerprint density at radius 1 is 1.24 bits per heavy atom. The minimum atomic E-state index is -0.595. The van der Waals surface area contributed by atoms with Crippen LogP contribution in [0.25, 0.3) is 0 Å². The molecule has 3 atom stereocenters. The lowest BCUT2D eigenvalue weighted by atomic mass is 9.83. The maximum absolute atomic E-state index is 10.1. The van der Waals surface area contributed by atoms with Gasteiger partial charge in [0.25, 0.3) is 0 Å². The van der Waals surface area contributed by atoms with Crippen molar-refractivity contribution in [3.05, 3.63) is 35.9 Å². The summed E-state index contributed by atoms with van der Waals surface area (Å²) in [5.41, 5.74) is 12.5. The molecule has 3 heteroatoms. The fourth-order valence-corrected chi connectivity index (χ4v) is 1.90. The highest BCUT2D eigenvalue weighted by Gasteiger charge is 2.28. The number of hydrogen-bond donors (Lipinski definition) is 3. The molecule has 1 aromatic carbocycles. The summed E-state index contributed by atoms with van der Waals surface area (Å²) in [6, 6.07) is 10.0. The van der Waals surface area contributed by atoms with Crippen LogP contribution in [0.15, 0.2) is 30.3 Å². The fourth-order valence-electron chi connectivity index (χ4n) is 1.90. The van der Waals surface area contributed by atoms with E-state index < -0.39 is 11.6 Å². The Balaban J connectivity index is 2.82. The lowest BCUT2D eigenvalue weighted by molar-refractivity contribution is 0.0856. The van der Waals surface area contributed by atoms with Crippen LogP contribution in [-0.2, 0) is 0 Å². The van der Waals surface area contributed by atoms with Crippen molar-refractivity contribution < 1.29 is 5.11 Å². The van der Waals surface area contributed by atoms with Crippen LogP contribution in [0.3, 0.4) is 0 Å². The van der Waals surface area contributed by atoms with Crippen LogP contribution in [0.4, 0.5) is 0 Å². The first-order valence-electron chi connectivity index (χ1n) is 6.10. The Bertz CT molecular complexity index is 330. The molecule has 1 rings (SSSR count). The average molecular weight is 236 g/mol. The van der Waals surface area contributed by atoms with E-state index in [-0.39, 0.29) is 12.0 Å². The molecule has 5 N–H and O–H groups in total. The predicted octanol–water partition coefficient (Wildman–Crippen LogP) is 1.61. The van der Waals surface area contributed by atoms with E-state index in [9.17, 15) is 5.11 Å². The number of benzene rings is 1. The van der Waals surface area contributed by atoms with Crippen molar-refractivity contribution in [2.75, 3.05) is 0 Å². The summed E-state index contributed by atoms with van der Waals surface area (Å²) in [4.78, 5) is 0. The summed E-state index contributed by atoms with van der Waals surface area (Å²) in [6.45, 7) is 5.63. The lowest BCUT2D eigenvalue weighted by Crippen LogP contribution is -2.46. The summed E-state index contributed by atoms with van der Waals surface area (Å²) >= 11 is 0. The molecule has 0 fully saturated rings. The van der Waals surface area contributed by atoms with E-state index in [0.29, 0.717) is 6.42 Å². The summed E-state index contributed by atoms with van der Waals surface area (Å²) in [7, 11) is 0. The first-order valence-corrected chi connectivity index (χ1v) is 6.10. The molecule has 3 unspecified atom stereocenters. The lowest BCUT2D eigenvalue weighted by Gasteiger charge is -2.31. The average Bonchev–Trinajstić information content (AvgIpc) is 2.25. The van der Waals surface area contributed by atoms with Gasteiger partial charge in [0.1, 0.15) is 0 Å². The Morgan fingerprint density at radius 3 is 2.18 bits per heavy atom. The monoisotopic (exact) mass is 236 g/mol. The van der Waals surface area contributed by atoms with Crippen molar-refractivity contribution in [3.63, 3.8) is 0 Å². The van der Waals surface area contributed by atoms with E-state index in [1.807, 2.05) is 51.1 Å². The standard InChI is InChI=1S/C14H24N2O/c1-10(15)12(9-13(17)14(2,3)16)11-7-5-4-6-8-11/h4-8,10,12-13,17H,9,15-16H2,1-3H3. The molecule has 17 heavy (non-hydrogen) atoms. The third-order valence-corrected chi connectivity index (χ3v) is 3.20. The van der Waals surface area contributed by atoms with Gasteiger partial charge in [0.2, 0.25) is 0 Å². The molecule has 3 nitrogen and oxygen atoms in total. The van der Waals surface area contributed by atoms with Crippen LogP contribution >= 0.6 is 0 Å². The van der Waals surface area contributed by atoms with E-state index >= 15 is 0 Å². The number of rotatable bonds is 5. The Morgan fingerprint density at radius 2 is 1.76 bits per heavy atom. The van der Waals surface area contributed by atoms with Gasteiger partial charge in [-0.15, -0.1) is 0 Å². The van der Waals surface area contributed by atoms with Gasteiger partial charge in [-0.1, -0.05) is 30.3 Å². The predicted molar refractivity (Wildman–Crippen MR) is 71.7 cm³/mol. The second-order valence-corrected chi connectivity index (χ2v) is 5.45. The zero-order valence-electron chi connectivity index (χ0n) is 10.9. The highest BCUT2D eigenvalue weighted by molar-refractivity contribution is 5.21. The van der Waals surface area contributed by atoms with Gasteiger partial charge in [0.15, 0.2) is 0 Å². The minimum absolute atomic E-state index is 0.00519. The normalized spacial score (nSPS) is 17.5. The number of aliphatic hydroxyl groups excluding tert-OH is 1. The molecule has 0 aliphatic heterocycles. The second-order valence-electron chi connectivity index (χ2n) is 5.45. The minimum Gasteiger partial charge on any atom is -0.391 e. The first-order chi connectivity index (χ1) is 7.82. The van der Waals surface area contributed by atoms with Gasteiger partial charge < -0.3 is 16.6 Å². The summed E-state index contributed by atoms with van der Waals surface area (Å²) < 4.78 is 0. The topological polar surface area (TPSA) is 72.3 Å². The van der Waals surface area contributed by atoms with Gasteiger partial charge >= 0.3 is 0 Å². The van der Waals surface area contributed by atoms with Crippen molar-refractivity contribution in [2.45, 2.75) is 50.8 Å². The molecule has 0 aliphatic carbocycles. The fraction of sp³-hybridized carbons (Fsp3) is 0.571. The van der Waals surface area contributed by atoms with Gasteiger partial charge in [0, 0.05) is 17.5 Å². The maximum Gasteiger partial charge on any atom is 0.0720 e. The zero-order valence-corrected chi connectivity index (χ0v) is 10.9. The third-order valence-electron chi connectivity index (χ3n) is 3.20. The molecule has 0 amide bonds. The molecule has 0 bridgehead atoms. The Kier molecular flexibility index (Phi) is 4.69. The molecule has 0 saturated carbocycles. The van der Waals surface area contributed by atoms with Crippen LogP contribution in [0.2, 0.25) is 0 Å². The van der Waals surface area contributed by atoms with E-state index in [1.165, 1.54) is 0 Å². The van der Waals surface area contributed by atoms with Crippen LogP contribution < -0.4 is 11.5 Å². The molecule has 0 radical (unpaired) electrons. The molecule has 0 spiro atoms. The maximum atomic E-state index is 10.1. The summed E-state index contributed by atoms with van der Waals surface area (Å²) in [5, 5.41) is 10.1. The Hall–Kier alpha value is -0.900. The third kappa shape index (κ3) is 4.11. The molecular weight excluding hydrogens is 212 g/mol. The van der Waals surface area contributed by atoms with Crippen LogP contribution in [-0.4, -0.2) is 22.8 Å². The first kappa shape index (κ1) is 14.2. The number of aliphatic hydroxyl groups is 1. The second kappa shape index (κ2) is 5.63. The van der Waals surface area contributed by atoms with Crippen LogP contribution in [0, 0.1) is 0 Å². The largest absolute Gasteiger partial charge is 0.391 e. The van der Waals surface area contributed by atoms with Gasteiger partial charge in [0.05, 0.1) is 6.10 Å². The van der Waals surface area contributed by atoms with Crippen molar-refractivity contribution in [1.29, 1.82) is 0 Å². The molecule has 96 valence electrons. The van der Waals surface area contributed by atoms with Crippen LogP contribution in [0.1, 0.15) is 38.7 Å². The molecule has 1 aromatic rings. The van der Waals surface area contributed by atoms with E-state index in [4.69, 9.17) is 11.5 Å². The molecular formula is C14H24N2O. The quantitative estimate of drug-likeness (QED) is 0.727. The van der Waals surface area contributed by atoms with Crippen LogP contribution in [0.5, 0.6) is 0 Å². The molecule has 0 aliphatic rings. The zero-order chi connectivity index (χ0) is 13.1. The van der Waals surface area contributed by atoms with Crippen molar-refractivity contribution in [1.82, 2.24) is 0 Å². The van der Waals surface area contributed by atoms with Gasteiger partial charge in [-0.25, -0.2) is 0 Å². The van der Waals surface area contributed by atoms with E-state index in [2.05, 4.69) is 0 Å². The van der Waals surface area contributed by atoms with Gasteiger partial charge in [-0.2, -0.15) is 0 Å².